The molecule has 0 aromatic heterocycles. The maximum absolute atomic E-state index is 12.6. The van der Waals surface area contributed by atoms with Crippen LogP contribution in [-0.4, -0.2) is 28.8 Å². The van der Waals surface area contributed by atoms with Gasteiger partial charge in [0.05, 0.1) is 12.0 Å². The van der Waals surface area contributed by atoms with Gasteiger partial charge in [0.1, 0.15) is 10.9 Å². The number of unbranched alkanes of at least 4 members (excludes halogenated alkanes) is 1. The zero-order valence-corrected chi connectivity index (χ0v) is 18.7. The first-order valence-corrected chi connectivity index (χ1v) is 10.9. The highest BCUT2D eigenvalue weighted by Gasteiger charge is 2.31. The Morgan fingerprint density at radius 1 is 1.17 bits per heavy atom. The molecule has 0 atom stereocenters. The zero-order valence-electron chi connectivity index (χ0n) is 16.3. The third-order valence-electron chi connectivity index (χ3n) is 4.40. The van der Waals surface area contributed by atoms with Gasteiger partial charge in [-0.1, -0.05) is 67.1 Å². The molecule has 1 amide bonds. The molecule has 0 radical (unpaired) electrons. The summed E-state index contributed by atoms with van der Waals surface area (Å²) >= 11 is 12.6. The Morgan fingerprint density at radius 2 is 1.93 bits per heavy atom. The van der Waals surface area contributed by atoms with Gasteiger partial charge in [-0.3, -0.25) is 9.69 Å². The zero-order chi connectivity index (χ0) is 20.8. The molecule has 7 heteroatoms. The molecule has 3 rings (SSSR count). The largest absolute Gasteiger partial charge is 0.493 e. The van der Waals surface area contributed by atoms with Crippen molar-refractivity contribution in [3.05, 3.63) is 63.5 Å². The van der Waals surface area contributed by atoms with Crippen LogP contribution in [0.2, 0.25) is 5.02 Å². The average molecular weight is 448 g/mol. The highest BCUT2D eigenvalue weighted by molar-refractivity contribution is 8.26. The molecule has 29 heavy (non-hydrogen) atoms. The van der Waals surface area contributed by atoms with Gasteiger partial charge in [-0.05, 0) is 47.9 Å². The molecule has 1 aliphatic heterocycles. The number of thioether (sulfide) groups is 1. The van der Waals surface area contributed by atoms with Crippen LogP contribution in [0.4, 0.5) is 0 Å². The summed E-state index contributed by atoms with van der Waals surface area (Å²) in [6.45, 7) is 3.17. The Morgan fingerprint density at radius 3 is 2.62 bits per heavy atom. The Bertz CT molecular complexity index is 928. The second kappa shape index (κ2) is 10.1. The van der Waals surface area contributed by atoms with Gasteiger partial charge in [0.15, 0.2) is 11.5 Å². The quantitative estimate of drug-likeness (QED) is 0.370. The van der Waals surface area contributed by atoms with E-state index in [9.17, 15) is 4.79 Å². The van der Waals surface area contributed by atoms with Crippen LogP contribution < -0.4 is 9.47 Å². The number of halogens is 1. The molecule has 152 valence electrons. The molecule has 4 nitrogen and oxygen atoms in total. The average Bonchev–Trinajstić information content (AvgIpc) is 2.99. The third kappa shape index (κ3) is 5.53. The van der Waals surface area contributed by atoms with Crippen molar-refractivity contribution in [1.82, 2.24) is 4.90 Å². The van der Waals surface area contributed by atoms with E-state index in [1.807, 2.05) is 48.5 Å². The summed E-state index contributed by atoms with van der Waals surface area (Å²) in [4.78, 5) is 14.9. The maximum Gasteiger partial charge on any atom is 0.266 e. The Balaban J connectivity index is 1.73. The fourth-order valence-corrected chi connectivity index (χ4v) is 4.23. The summed E-state index contributed by atoms with van der Waals surface area (Å²) in [5.41, 5.74) is 1.87. The van der Waals surface area contributed by atoms with Gasteiger partial charge < -0.3 is 9.47 Å². The summed E-state index contributed by atoms with van der Waals surface area (Å²) in [5.74, 6) is 1.21. The summed E-state index contributed by atoms with van der Waals surface area (Å²) in [6.07, 6.45) is 3.80. The second-order valence-electron chi connectivity index (χ2n) is 6.51. The van der Waals surface area contributed by atoms with Crippen LogP contribution in [-0.2, 0) is 11.4 Å². The predicted molar refractivity (Wildman–Crippen MR) is 124 cm³/mol. The van der Waals surface area contributed by atoms with Crippen LogP contribution in [0, 0.1) is 0 Å². The fraction of sp³-hybridized carbons (Fsp3) is 0.273. The van der Waals surface area contributed by atoms with E-state index in [-0.39, 0.29) is 5.91 Å². The van der Waals surface area contributed by atoms with E-state index in [1.165, 1.54) is 11.8 Å². The monoisotopic (exact) mass is 447 g/mol. The summed E-state index contributed by atoms with van der Waals surface area (Å²) in [6, 6.07) is 13.1. The Kier molecular flexibility index (Phi) is 7.58. The van der Waals surface area contributed by atoms with Crippen LogP contribution in [0.25, 0.3) is 6.08 Å². The molecule has 1 aliphatic rings. The van der Waals surface area contributed by atoms with Gasteiger partial charge in [-0.2, -0.15) is 0 Å². The molecule has 0 saturated carbocycles. The summed E-state index contributed by atoms with van der Waals surface area (Å²) in [7, 11) is 1.60. The van der Waals surface area contributed by atoms with Crippen molar-refractivity contribution in [2.75, 3.05) is 13.7 Å². The number of methoxy groups -OCH3 is 1. The first-order chi connectivity index (χ1) is 14.0. The van der Waals surface area contributed by atoms with Crippen molar-refractivity contribution in [3.8, 4) is 11.5 Å². The minimum Gasteiger partial charge on any atom is -0.493 e. The van der Waals surface area contributed by atoms with Crippen LogP contribution in [0.15, 0.2) is 47.4 Å². The van der Waals surface area contributed by atoms with Gasteiger partial charge in [0.2, 0.25) is 0 Å². The first-order valence-electron chi connectivity index (χ1n) is 9.32. The molecule has 1 heterocycles. The number of carbonyl (C=O) groups is 1. The van der Waals surface area contributed by atoms with Crippen molar-refractivity contribution in [2.45, 2.75) is 26.4 Å². The van der Waals surface area contributed by atoms with E-state index < -0.39 is 0 Å². The number of thiocarbonyl (C=S) groups is 1. The number of nitrogens with zero attached hydrogens (tertiary/aromatic N) is 1. The lowest BCUT2D eigenvalue weighted by Gasteiger charge is -2.13. The number of ether oxygens (including phenoxy) is 2. The number of rotatable bonds is 8. The molecule has 2 aromatic rings. The molecule has 1 saturated heterocycles. The van der Waals surface area contributed by atoms with E-state index in [0.29, 0.717) is 38.9 Å². The molecule has 0 N–H and O–H groups in total. The number of carbonyl (C=O) groups excluding carboxylic acids is 1. The molecular weight excluding hydrogens is 426 g/mol. The van der Waals surface area contributed by atoms with Crippen LogP contribution in [0.1, 0.15) is 30.9 Å². The highest BCUT2D eigenvalue weighted by atomic mass is 35.5. The lowest BCUT2D eigenvalue weighted by Crippen LogP contribution is -2.28. The molecule has 2 aromatic carbocycles. The van der Waals surface area contributed by atoms with E-state index in [4.69, 9.17) is 33.3 Å². The van der Waals surface area contributed by atoms with Crippen LogP contribution >= 0.6 is 35.6 Å². The van der Waals surface area contributed by atoms with E-state index in [1.54, 1.807) is 12.0 Å². The minimum absolute atomic E-state index is 0.0320. The lowest BCUT2D eigenvalue weighted by atomic mass is 10.1. The standard InChI is InChI=1S/C22H22ClNO3S2/c1-3-4-11-24-21(25)20(29-22(24)28)13-16-7-10-18(19(12-16)26-2)27-14-15-5-8-17(23)9-6-15/h5-10,12-13H,3-4,11,14H2,1-2H3. The molecule has 1 fully saturated rings. The SMILES string of the molecule is CCCCN1C(=O)C(=Cc2ccc(OCc3ccc(Cl)cc3)c(OC)c2)SC1=S. The van der Waals surface area contributed by atoms with Crippen molar-refractivity contribution in [1.29, 1.82) is 0 Å². The molecule has 0 aliphatic carbocycles. The first kappa shape index (κ1) is 21.7. The lowest BCUT2D eigenvalue weighted by molar-refractivity contribution is -0.122. The van der Waals surface area contributed by atoms with Crippen molar-refractivity contribution >= 4 is 51.9 Å². The van der Waals surface area contributed by atoms with E-state index >= 15 is 0 Å². The van der Waals surface area contributed by atoms with Crippen molar-refractivity contribution < 1.29 is 14.3 Å². The van der Waals surface area contributed by atoms with Crippen LogP contribution in [0.3, 0.4) is 0 Å². The van der Waals surface area contributed by atoms with Gasteiger partial charge >= 0.3 is 0 Å². The molecule has 0 bridgehead atoms. The number of hydrogen-bond acceptors (Lipinski definition) is 5. The third-order valence-corrected chi connectivity index (χ3v) is 6.03. The summed E-state index contributed by atoms with van der Waals surface area (Å²) < 4.78 is 12.0. The van der Waals surface area contributed by atoms with Crippen LogP contribution in [0.5, 0.6) is 11.5 Å². The molecular formula is C22H22ClNO3S2. The van der Waals surface area contributed by atoms with Crippen molar-refractivity contribution in [3.63, 3.8) is 0 Å². The summed E-state index contributed by atoms with van der Waals surface area (Å²) in [5, 5.41) is 0.691. The fourth-order valence-electron chi connectivity index (χ4n) is 2.80. The molecule has 0 unspecified atom stereocenters. The number of benzene rings is 2. The van der Waals surface area contributed by atoms with E-state index in [2.05, 4.69) is 6.92 Å². The van der Waals surface area contributed by atoms with E-state index in [0.717, 1.165) is 24.0 Å². The number of amides is 1. The van der Waals surface area contributed by atoms with Gasteiger partial charge in [-0.15, -0.1) is 0 Å². The highest BCUT2D eigenvalue weighted by Crippen LogP contribution is 2.35. The Hall–Kier alpha value is -2.02. The normalized spacial score (nSPS) is 15.3. The van der Waals surface area contributed by atoms with Crippen molar-refractivity contribution in [2.24, 2.45) is 0 Å². The van der Waals surface area contributed by atoms with Gasteiger partial charge in [0.25, 0.3) is 5.91 Å². The molecule has 0 spiro atoms. The number of hydrogen-bond donors (Lipinski definition) is 0. The van der Waals surface area contributed by atoms with Gasteiger partial charge in [0, 0.05) is 11.6 Å². The Labute approximate surface area is 185 Å². The second-order valence-corrected chi connectivity index (χ2v) is 8.62. The smallest absolute Gasteiger partial charge is 0.266 e. The topological polar surface area (TPSA) is 38.8 Å². The van der Waals surface area contributed by atoms with Gasteiger partial charge in [-0.25, -0.2) is 0 Å². The maximum atomic E-state index is 12.6. The predicted octanol–water partition coefficient (Wildman–Crippen LogP) is 5.93. The minimum atomic E-state index is -0.0320.